The molecular formula is C15H18ClN3O4. The second kappa shape index (κ2) is 7.73. The maximum atomic E-state index is 11.6. The number of amides is 1. The van der Waals surface area contributed by atoms with Crippen LogP contribution in [0.4, 0.5) is 10.5 Å². The molecule has 0 aromatic heterocycles. The zero-order valence-electron chi connectivity index (χ0n) is 12.6. The number of aromatic carboxylic acids is 1. The van der Waals surface area contributed by atoms with E-state index < -0.39 is 5.97 Å². The topological polar surface area (TPSA) is 90.9 Å². The highest BCUT2D eigenvalue weighted by molar-refractivity contribution is 6.33. The van der Waals surface area contributed by atoms with Gasteiger partial charge in [0.15, 0.2) is 0 Å². The first kappa shape index (κ1) is 17.0. The smallest absolute Gasteiger partial charge is 0.410 e. The van der Waals surface area contributed by atoms with Crippen LogP contribution in [0.1, 0.15) is 23.7 Å². The third-order valence-electron chi connectivity index (χ3n) is 3.30. The van der Waals surface area contributed by atoms with Crippen molar-refractivity contribution in [3.05, 3.63) is 40.6 Å². The molecule has 0 unspecified atom stereocenters. The lowest BCUT2D eigenvalue weighted by Gasteiger charge is -2.26. The summed E-state index contributed by atoms with van der Waals surface area (Å²) in [6, 6.07) is 4.65. The van der Waals surface area contributed by atoms with Gasteiger partial charge in [-0.2, -0.15) is 0 Å². The third-order valence-corrected chi connectivity index (χ3v) is 3.63. The number of rotatable bonds is 5. The van der Waals surface area contributed by atoms with Crippen molar-refractivity contribution in [2.24, 2.45) is 0 Å². The zero-order chi connectivity index (χ0) is 16.8. The first-order valence-electron chi connectivity index (χ1n) is 7.17. The molecule has 1 aromatic rings. The Hall–Kier alpha value is -2.41. The predicted molar refractivity (Wildman–Crippen MR) is 86.5 cm³/mol. The van der Waals surface area contributed by atoms with Gasteiger partial charge in [0.2, 0.25) is 0 Å². The Bertz CT molecular complexity index is 633. The summed E-state index contributed by atoms with van der Waals surface area (Å²) in [7, 11) is 0. The van der Waals surface area contributed by atoms with E-state index in [0.29, 0.717) is 31.8 Å². The largest absolute Gasteiger partial charge is 0.478 e. The van der Waals surface area contributed by atoms with Crippen LogP contribution in [0.3, 0.4) is 0 Å². The zero-order valence-corrected chi connectivity index (χ0v) is 13.4. The molecule has 0 spiro atoms. The molecule has 0 saturated heterocycles. The number of hydrogen-bond donors (Lipinski definition) is 3. The van der Waals surface area contributed by atoms with E-state index in [1.54, 1.807) is 17.9 Å². The standard InChI is InChI=1S/C15H18ClN3O4/c1-2-23-15(22)19-7-5-10(6-8-19)17-18-11-3-4-13(16)12(9-11)14(20)21/h3-5,9,17-18H,2,6-8H2,1H3,(H,20,21). The number of carboxylic acids is 1. The summed E-state index contributed by atoms with van der Waals surface area (Å²) >= 11 is 5.82. The number of halogens is 1. The minimum Gasteiger partial charge on any atom is -0.478 e. The van der Waals surface area contributed by atoms with Crippen LogP contribution in [0.25, 0.3) is 0 Å². The summed E-state index contributed by atoms with van der Waals surface area (Å²) in [6.07, 6.45) is 2.20. The first-order valence-corrected chi connectivity index (χ1v) is 7.54. The van der Waals surface area contributed by atoms with Crippen LogP contribution in [-0.2, 0) is 4.74 Å². The van der Waals surface area contributed by atoms with Gasteiger partial charge in [-0.05, 0) is 31.2 Å². The number of carbonyl (C=O) groups is 2. The summed E-state index contributed by atoms with van der Waals surface area (Å²) in [6.45, 7) is 3.14. The molecule has 0 atom stereocenters. The van der Waals surface area contributed by atoms with Crippen LogP contribution in [0.2, 0.25) is 5.02 Å². The third kappa shape index (κ3) is 4.53. The van der Waals surface area contributed by atoms with E-state index in [1.165, 1.54) is 12.1 Å². The van der Waals surface area contributed by atoms with Gasteiger partial charge in [0, 0.05) is 25.2 Å². The highest BCUT2D eigenvalue weighted by Crippen LogP contribution is 2.20. The summed E-state index contributed by atoms with van der Waals surface area (Å²) in [5.41, 5.74) is 7.47. The SMILES string of the molecule is CCOC(=O)N1CC=C(NNc2ccc(Cl)c(C(=O)O)c2)CC1. The lowest BCUT2D eigenvalue weighted by molar-refractivity contribution is 0.0697. The second-order valence-corrected chi connectivity index (χ2v) is 5.28. The number of benzene rings is 1. The number of carboxylic acid groups (broad SMARTS) is 1. The number of ether oxygens (including phenoxy) is 1. The Morgan fingerprint density at radius 1 is 1.39 bits per heavy atom. The molecule has 23 heavy (non-hydrogen) atoms. The second-order valence-electron chi connectivity index (χ2n) is 4.87. The van der Waals surface area contributed by atoms with E-state index in [0.717, 1.165) is 5.70 Å². The quantitative estimate of drug-likeness (QED) is 0.714. The van der Waals surface area contributed by atoms with Gasteiger partial charge in [-0.1, -0.05) is 11.6 Å². The average molecular weight is 340 g/mol. The van der Waals surface area contributed by atoms with Gasteiger partial charge < -0.3 is 25.6 Å². The van der Waals surface area contributed by atoms with Crippen LogP contribution in [-0.4, -0.2) is 41.8 Å². The lowest BCUT2D eigenvalue weighted by Crippen LogP contribution is -2.38. The Balaban J connectivity index is 1.91. The molecule has 7 nitrogen and oxygen atoms in total. The predicted octanol–water partition coefficient (Wildman–Crippen LogP) is 2.70. The van der Waals surface area contributed by atoms with Crippen LogP contribution >= 0.6 is 11.6 Å². The van der Waals surface area contributed by atoms with Gasteiger partial charge in [-0.3, -0.25) is 0 Å². The molecule has 1 aromatic carbocycles. The molecule has 0 fully saturated rings. The number of hydrogen-bond acceptors (Lipinski definition) is 5. The number of anilines is 1. The van der Waals surface area contributed by atoms with Crippen molar-refractivity contribution in [1.29, 1.82) is 0 Å². The van der Waals surface area contributed by atoms with Crippen molar-refractivity contribution in [2.75, 3.05) is 25.1 Å². The number of nitrogens with one attached hydrogen (secondary N) is 2. The van der Waals surface area contributed by atoms with E-state index in [9.17, 15) is 9.59 Å². The Morgan fingerprint density at radius 2 is 2.17 bits per heavy atom. The first-order chi connectivity index (χ1) is 11.0. The van der Waals surface area contributed by atoms with Gasteiger partial charge in [-0.15, -0.1) is 0 Å². The molecule has 1 aliphatic heterocycles. The van der Waals surface area contributed by atoms with Crippen LogP contribution < -0.4 is 10.9 Å². The summed E-state index contributed by atoms with van der Waals surface area (Å²) in [4.78, 5) is 24.2. The van der Waals surface area contributed by atoms with Gasteiger partial charge >= 0.3 is 12.1 Å². The molecule has 1 aliphatic rings. The number of carbonyl (C=O) groups excluding carboxylic acids is 1. The fourth-order valence-electron chi connectivity index (χ4n) is 2.08. The number of hydrazine groups is 1. The van der Waals surface area contributed by atoms with Crippen molar-refractivity contribution < 1.29 is 19.4 Å². The highest BCUT2D eigenvalue weighted by atomic mass is 35.5. The maximum Gasteiger partial charge on any atom is 0.410 e. The van der Waals surface area contributed by atoms with Gasteiger partial charge in [-0.25, -0.2) is 9.59 Å². The van der Waals surface area contributed by atoms with E-state index in [1.807, 2.05) is 6.08 Å². The van der Waals surface area contributed by atoms with Crippen LogP contribution in [0.5, 0.6) is 0 Å². The molecule has 124 valence electrons. The van der Waals surface area contributed by atoms with Crippen molar-refractivity contribution >= 4 is 29.4 Å². The minimum atomic E-state index is -1.08. The molecule has 0 bridgehead atoms. The minimum absolute atomic E-state index is 0.0320. The van der Waals surface area contributed by atoms with Gasteiger partial charge in [0.05, 0.1) is 22.9 Å². The Morgan fingerprint density at radius 3 is 2.78 bits per heavy atom. The maximum absolute atomic E-state index is 11.6. The van der Waals surface area contributed by atoms with Crippen molar-refractivity contribution in [3.8, 4) is 0 Å². The molecule has 0 saturated carbocycles. The van der Waals surface area contributed by atoms with Crippen LogP contribution in [0.15, 0.2) is 30.0 Å². The molecule has 8 heteroatoms. The van der Waals surface area contributed by atoms with E-state index in [-0.39, 0.29) is 16.7 Å². The van der Waals surface area contributed by atoms with Crippen molar-refractivity contribution in [2.45, 2.75) is 13.3 Å². The summed E-state index contributed by atoms with van der Waals surface area (Å²) in [5.74, 6) is -1.08. The molecule has 0 aliphatic carbocycles. The Kier molecular flexibility index (Phi) is 5.70. The van der Waals surface area contributed by atoms with Gasteiger partial charge in [0.25, 0.3) is 0 Å². The number of nitrogens with zero attached hydrogens (tertiary/aromatic N) is 1. The normalized spacial score (nSPS) is 14.0. The van der Waals surface area contributed by atoms with E-state index in [2.05, 4.69) is 10.9 Å². The summed E-state index contributed by atoms with van der Waals surface area (Å²) in [5, 5.41) is 9.22. The molecular weight excluding hydrogens is 322 g/mol. The van der Waals surface area contributed by atoms with Crippen molar-refractivity contribution in [3.63, 3.8) is 0 Å². The van der Waals surface area contributed by atoms with Gasteiger partial charge in [0.1, 0.15) is 0 Å². The average Bonchev–Trinajstić information content (AvgIpc) is 2.54. The fraction of sp³-hybridized carbons (Fsp3) is 0.333. The monoisotopic (exact) mass is 339 g/mol. The van der Waals surface area contributed by atoms with Crippen molar-refractivity contribution in [1.82, 2.24) is 10.3 Å². The molecule has 0 radical (unpaired) electrons. The molecule has 2 rings (SSSR count). The molecule has 1 amide bonds. The molecule has 3 N–H and O–H groups in total. The fourth-order valence-corrected chi connectivity index (χ4v) is 2.28. The lowest BCUT2D eigenvalue weighted by atomic mass is 10.2. The molecule has 1 heterocycles. The van der Waals surface area contributed by atoms with E-state index >= 15 is 0 Å². The highest BCUT2D eigenvalue weighted by Gasteiger charge is 2.18. The van der Waals surface area contributed by atoms with Crippen LogP contribution in [0, 0.1) is 0 Å². The van der Waals surface area contributed by atoms with E-state index in [4.69, 9.17) is 21.4 Å². The summed E-state index contributed by atoms with van der Waals surface area (Å²) < 4.78 is 4.95. The Labute approximate surface area is 138 Å².